The van der Waals surface area contributed by atoms with E-state index in [4.69, 9.17) is 4.74 Å². The summed E-state index contributed by atoms with van der Waals surface area (Å²) >= 11 is 1.15. The second kappa shape index (κ2) is 11.6. The zero-order chi connectivity index (χ0) is 29.4. The van der Waals surface area contributed by atoms with Crippen LogP contribution in [0.4, 0.5) is 23.2 Å². The number of hydrogen-bond donors (Lipinski definition) is 1. The van der Waals surface area contributed by atoms with Crippen molar-refractivity contribution in [2.45, 2.75) is 35.0 Å². The van der Waals surface area contributed by atoms with Gasteiger partial charge in [0.1, 0.15) is 10.0 Å². The molecule has 41 heavy (non-hydrogen) atoms. The van der Waals surface area contributed by atoms with Crippen LogP contribution in [0.5, 0.6) is 0 Å². The first-order valence-electron chi connectivity index (χ1n) is 13.1. The van der Waals surface area contributed by atoms with E-state index in [1.165, 1.54) is 40.7 Å². The van der Waals surface area contributed by atoms with Gasteiger partial charge in [0.05, 0.1) is 25.3 Å². The zero-order valence-electron chi connectivity index (χ0n) is 22.3. The van der Waals surface area contributed by atoms with Crippen LogP contribution < -0.4 is 4.90 Å². The van der Waals surface area contributed by atoms with Crippen LogP contribution in [-0.4, -0.2) is 80.9 Å². The van der Waals surface area contributed by atoms with Gasteiger partial charge in [0.15, 0.2) is 5.60 Å². The molecule has 5 rings (SSSR count). The first-order valence-corrected chi connectivity index (χ1v) is 15.5. The molecule has 222 valence electrons. The van der Waals surface area contributed by atoms with Crippen molar-refractivity contribution >= 4 is 27.0 Å². The number of hydrogen-bond acceptors (Lipinski definition) is 7. The molecule has 2 aromatic carbocycles. The van der Waals surface area contributed by atoms with E-state index in [-0.39, 0.29) is 40.8 Å². The fourth-order valence-electron chi connectivity index (χ4n) is 5.34. The monoisotopic (exact) mass is 613 g/mol. The predicted molar refractivity (Wildman–Crippen MR) is 148 cm³/mol. The molecule has 3 heterocycles. The van der Waals surface area contributed by atoms with Gasteiger partial charge in [-0.2, -0.15) is 17.5 Å². The summed E-state index contributed by atoms with van der Waals surface area (Å²) < 4.78 is 88.1. The van der Waals surface area contributed by atoms with Crippen LogP contribution in [-0.2, 0) is 20.4 Å². The molecule has 2 fully saturated rings. The zero-order valence-corrected chi connectivity index (χ0v) is 23.9. The standard InChI is InChI=1S/C28H31F4N3O4S2/c1-27(36,28(30,31)32)21-6-10-23(11-7-21)35-13-12-34(41(37,38)26-3-2-16-40-26)18-24(35)17-33-14-15-39-19-25(33)20-4-8-22(29)9-5-20/h2-11,16,24-25,36H,12-15,17-19H2,1H3/t24-,25+,27?/m0/s1. The first kappa shape index (κ1) is 29.9. The van der Waals surface area contributed by atoms with Crippen molar-refractivity contribution in [2.24, 2.45) is 0 Å². The van der Waals surface area contributed by atoms with Crippen molar-refractivity contribution in [3.63, 3.8) is 0 Å². The highest BCUT2D eigenvalue weighted by atomic mass is 32.2. The summed E-state index contributed by atoms with van der Waals surface area (Å²) in [6, 6.07) is 14.5. The Kier molecular flexibility index (Phi) is 8.48. The largest absolute Gasteiger partial charge is 0.421 e. The number of morpholine rings is 1. The summed E-state index contributed by atoms with van der Waals surface area (Å²) in [6.45, 7) is 3.25. The lowest BCUT2D eigenvalue weighted by Crippen LogP contribution is -2.59. The van der Waals surface area contributed by atoms with Crippen molar-refractivity contribution < 1.29 is 35.8 Å². The van der Waals surface area contributed by atoms with Gasteiger partial charge in [-0.25, -0.2) is 12.8 Å². The van der Waals surface area contributed by atoms with E-state index in [1.807, 2.05) is 4.90 Å². The van der Waals surface area contributed by atoms with Crippen molar-refractivity contribution in [3.05, 3.63) is 83.0 Å². The summed E-state index contributed by atoms with van der Waals surface area (Å²) in [7, 11) is -3.73. The molecule has 0 aliphatic carbocycles. The average Bonchev–Trinajstić information content (AvgIpc) is 3.50. The molecule has 3 atom stereocenters. The van der Waals surface area contributed by atoms with Gasteiger partial charge in [0.2, 0.25) is 0 Å². The summed E-state index contributed by atoms with van der Waals surface area (Å²) in [5.41, 5.74) is -1.80. The van der Waals surface area contributed by atoms with Crippen LogP contribution in [0.3, 0.4) is 0 Å². The topological polar surface area (TPSA) is 73.3 Å². The molecule has 13 heteroatoms. The fraction of sp³-hybridized carbons (Fsp3) is 0.429. The van der Waals surface area contributed by atoms with Crippen molar-refractivity contribution in [2.75, 3.05) is 50.8 Å². The van der Waals surface area contributed by atoms with Crippen LogP contribution in [0.2, 0.25) is 0 Å². The quantitative estimate of drug-likeness (QED) is 0.393. The third kappa shape index (κ3) is 6.15. The van der Waals surface area contributed by atoms with Crippen molar-refractivity contribution in [3.8, 4) is 0 Å². The lowest BCUT2D eigenvalue weighted by Gasteiger charge is -2.46. The molecule has 1 N–H and O–H groups in total. The number of sulfonamides is 1. The minimum atomic E-state index is -4.84. The number of thiophene rings is 1. The van der Waals surface area contributed by atoms with Gasteiger partial charge in [-0.1, -0.05) is 30.3 Å². The Morgan fingerprint density at radius 2 is 1.73 bits per heavy atom. The smallest absolute Gasteiger partial charge is 0.378 e. The highest BCUT2D eigenvalue weighted by Gasteiger charge is 2.51. The third-order valence-electron chi connectivity index (χ3n) is 7.79. The molecule has 3 aromatic rings. The third-order valence-corrected chi connectivity index (χ3v) is 11.0. The highest BCUT2D eigenvalue weighted by molar-refractivity contribution is 7.91. The Bertz CT molecular complexity index is 1420. The number of ether oxygens (including phenoxy) is 1. The maximum atomic E-state index is 13.6. The molecule has 1 unspecified atom stereocenters. The number of rotatable bonds is 7. The fourth-order valence-corrected chi connectivity index (χ4v) is 7.95. The summed E-state index contributed by atoms with van der Waals surface area (Å²) in [5.74, 6) is -0.349. The Balaban J connectivity index is 1.44. The summed E-state index contributed by atoms with van der Waals surface area (Å²) in [6.07, 6.45) is -4.84. The molecule has 0 spiro atoms. The Morgan fingerprint density at radius 1 is 1.02 bits per heavy atom. The molecule has 0 radical (unpaired) electrons. The van der Waals surface area contributed by atoms with Gasteiger partial charge >= 0.3 is 6.18 Å². The number of alkyl halides is 3. The number of piperazine rings is 1. The maximum Gasteiger partial charge on any atom is 0.421 e. The van der Waals surface area contributed by atoms with E-state index in [2.05, 4.69) is 4.90 Å². The second-order valence-corrected chi connectivity index (χ2v) is 13.5. The first-order chi connectivity index (χ1) is 19.4. The minimum Gasteiger partial charge on any atom is -0.378 e. The van der Waals surface area contributed by atoms with Crippen LogP contribution in [0.25, 0.3) is 0 Å². The van der Waals surface area contributed by atoms with Gasteiger partial charge < -0.3 is 14.7 Å². The number of benzene rings is 2. The molecular formula is C28H31F4N3O4S2. The van der Waals surface area contributed by atoms with E-state index in [0.29, 0.717) is 45.5 Å². The number of halogens is 4. The highest BCUT2D eigenvalue weighted by Crippen LogP contribution is 2.39. The van der Waals surface area contributed by atoms with E-state index >= 15 is 0 Å². The molecule has 7 nitrogen and oxygen atoms in total. The predicted octanol–water partition coefficient (Wildman–Crippen LogP) is 4.61. The van der Waals surface area contributed by atoms with Gasteiger partial charge in [-0.3, -0.25) is 4.90 Å². The van der Waals surface area contributed by atoms with E-state index < -0.39 is 21.8 Å². The van der Waals surface area contributed by atoms with E-state index in [0.717, 1.165) is 16.9 Å². The van der Waals surface area contributed by atoms with Crippen molar-refractivity contribution in [1.82, 2.24) is 9.21 Å². The molecule has 0 amide bonds. The van der Waals surface area contributed by atoms with Crippen LogP contribution in [0, 0.1) is 5.82 Å². The number of aliphatic hydroxyl groups is 1. The molecule has 1 aromatic heterocycles. The SMILES string of the molecule is CC(O)(c1ccc(N2CCN(S(=O)(=O)c3cccs3)C[C@@H]2CN2CCOC[C@@H]2c2ccc(F)cc2)cc1)C(F)(F)F. The van der Waals surface area contributed by atoms with E-state index in [1.54, 1.807) is 29.6 Å². The normalized spacial score (nSPS) is 22.9. The molecule has 2 saturated heterocycles. The average molecular weight is 614 g/mol. The summed E-state index contributed by atoms with van der Waals surface area (Å²) in [5, 5.41) is 11.8. The lowest BCUT2D eigenvalue weighted by molar-refractivity contribution is -0.258. The van der Waals surface area contributed by atoms with Crippen molar-refractivity contribution in [1.29, 1.82) is 0 Å². The van der Waals surface area contributed by atoms with Crippen LogP contribution in [0.15, 0.2) is 70.3 Å². The Morgan fingerprint density at radius 3 is 2.37 bits per heavy atom. The van der Waals surface area contributed by atoms with Gasteiger partial charge in [0.25, 0.3) is 10.0 Å². The van der Waals surface area contributed by atoms with Gasteiger partial charge in [0, 0.05) is 38.4 Å². The van der Waals surface area contributed by atoms with Crippen LogP contribution in [0.1, 0.15) is 24.1 Å². The molecular weight excluding hydrogens is 582 g/mol. The van der Waals surface area contributed by atoms with E-state index in [9.17, 15) is 31.1 Å². The lowest BCUT2D eigenvalue weighted by atomic mass is 9.95. The number of anilines is 1. The summed E-state index contributed by atoms with van der Waals surface area (Å²) in [4.78, 5) is 4.18. The second-order valence-electron chi connectivity index (χ2n) is 10.4. The Labute approximate surface area is 240 Å². The molecule has 2 aliphatic heterocycles. The Hall–Kier alpha value is -2.55. The van der Waals surface area contributed by atoms with Gasteiger partial charge in [-0.05, 0) is 53.8 Å². The van der Waals surface area contributed by atoms with Crippen LogP contribution >= 0.6 is 11.3 Å². The molecule has 0 saturated carbocycles. The number of nitrogens with zero attached hydrogens (tertiary/aromatic N) is 3. The molecule has 0 bridgehead atoms. The minimum absolute atomic E-state index is 0.162. The molecule has 2 aliphatic rings. The van der Waals surface area contributed by atoms with Gasteiger partial charge in [-0.15, -0.1) is 11.3 Å². The maximum absolute atomic E-state index is 13.6.